The van der Waals surface area contributed by atoms with Gasteiger partial charge in [0.1, 0.15) is 0 Å². The molecule has 4 nitrogen and oxygen atoms in total. The third-order valence-electron chi connectivity index (χ3n) is 17.7. The van der Waals surface area contributed by atoms with Gasteiger partial charge in [0.25, 0.3) is 0 Å². The Kier molecular flexibility index (Phi) is 6.76. The van der Waals surface area contributed by atoms with E-state index in [1.54, 1.807) is 0 Å². The number of rotatable bonds is 2. The third kappa shape index (κ3) is 4.23. The molecule has 0 fully saturated rings. The maximum Gasteiger partial charge on any atom is 0.333 e. The van der Waals surface area contributed by atoms with Gasteiger partial charge in [0.2, 0.25) is 0 Å². The van der Waals surface area contributed by atoms with E-state index in [0.29, 0.717) is 0 Å². The van der Waals surface area contributed by atoms with E-state index in [1.165, 1.54) is 176 Å². The summed E-state index contributed by atoms with van der Waals surface area (Å²) in [4.78, 5) is 0. The summed E-state index contributed by atoms with van der Waals surface area (Å²) in [6.07, 6.45) is 0. The summed E-state index contributed by atoms with van der Waals surface area (Å²) in [5, 5.41) is 7.83. The standard InChI is InChI=1S/C66H42B2N4/c1-35-24-26-37(3)47(32-35)41-28-31-46-62-58(41)43-30-29-42-39-14-5-9-20-53(39)69-55-22-11-7-18-51(55)67(59(43)63(42)69)72(62)65-45-17-13-16-44-57-49(48-33-36(2)25-27-38(48)4)34-50-40-15-6-10-21-54(40)70-56-23-12-8-19-52(56)68(60(57)64(50)70)71(61(44)45)66(46)65/h5-34H,1-4H3. The third-order valence-corrected chi connectivity index (χ3v) is 17.7. The van der Waals surface area contributed by atoms with E-state index in [0.717, 1.165) is 0 Å². The van der Waals surface area contributed by atoms with Crippen LogP contribution < -0.4 is 21.9 Å². The Hall–Kier alpha value is -8.73. The SMILES string of the molecule is Cc1ccc(C)c(-c2cc3c4ccccc4n4c3c3c2-c2cccc5c2n(c2c6ccc(-c7cc(C)ccc7C)c7c6n(c52)B2c5ccccc5-n5c6ccccc6c6ccc-7c2c65)B3c2ccccc2-4)c1. The van der Waals surface area contributed by atoms with Crippen molar-refractivity contribution in [2.75, 3.05) is 0 Å². The minimum Gasteiger partial charge on any atom is -0.374 e. The van der Waals surface area contributed by atoms with Crippen LogP contribution in [0.2, 0.25) is 0 Å². The van der Waals surface area contributed by atoms with Crippen LogP contribution in [0.15, 0.2) is 182 Å². The van der Waals surface area contributed by atoms with E-state index in [1.807, 2.05) is 0 Å². The Bertz CT molecular complexity index is 4940. The van der Waals surface area contributed by atoms with Gasteiger partial charge < -0.3 is 18.1 Å². The van der Waals surface area contributed by atoms with Crippen LogP contribution in [-0.2, 0) is 0 Å². The number of fused-ring (bicyclic) bond motifs is 21. The van der Waals surface area contributed by atoms with Crippen LogP contribution in [0.1, 0.15) is 22.3 Å². The minimum absolute atomic E-state index is 0.0673. The smallest absolute Gasteiger partial charge is 0.333 e. The Morgan fingerprint density at radius 2 is 0.833 bits per heavy atom. The van der Waals surface area contributed by atoms with E-state index in [4.69, 9.17) is 0 Å². The summed E-state index contributed by atoms with van der Waals surface area (Å²) in [5.74, 6) is 0. The molecule has 0 unspecified atom stereocenters. The van der Waals surface area contributed by atoms with Crippen molar-refractivity contribution in [2.24, 2.45) is 0 Å². The highest BCUT2D eigenvalue weighted by atomic mass is 15.1. The van der Waals surface area contributed by atoms with E-state index in [9.17, 15) is 0 Å². The zero-order valence-electron chi connectivity index (χ0n) is 40.3. The maximum atomic E-state index is 2.84. The molecule has 72 heavy (non-hydrogen) atoms. The summed E-state index contributed by atoms with van der Waals surface area (Å²) < 4.78 is 10.8. The first-order valence-electron chi connectivity index (χ1n) is 25.6. The molecule has 4 aromatic heterocycles. The molecule has 0 aliphatic carbocycles. The van der Waals surface area contributed by atoms with Gasteiger partial charge in [0.05, 0.1) is 33.1 Å². The highest BCUT2D eigenvalue weighted by molar-refractivity contribution is 6.92. The Labute approximate surface area is 415 Å². The van der Waals surface area contributed by atoms with Gasteiger partial charge in [-0.3, -0.25) is 0 Å². The lowest BCUT2D eigenvalue weighted by molar-refractivity contribution is 1.18. The summed E-state index contributed by atoms with van der Waals surface area (Å²) in [5.41, 5.74) is 34.1. The number of para-hydroxylation sites is 5. The van der Waals surface area contributed by atoms with Gasteiger partial charge >= 0.3 is 13.7 Å². The van der Waals surface area contributed by atoms with Crippen LogP contribution in [0.4, 0.5) is 0 Å². The van der Waals surface area contributed by atoms with Gasteiger partial charge in [-0.15, -0.1) is 0 Å². The molecule has 0 amide bonds. The average Bonchev–Trinajstić information content (AvgIpc) is 4.15. The van der Waals surface area contributed by atoms with Crippen LogP contribution in [0.25, 0.3) is 132 Å². The van der Waals surface area contributed by atoms with Crippen molar-refractivity contribution in [1.29, 1.82) is 0 Å². The van der Waals surface area contributed by atoms with E-state index in [2.05, 4.69) is 228 Å². The number of aromatic nitrogens is 4. The van der Waals surface area contributed by atoms with Gasteiger partial charge in [-0.1, -0.05) is 163 Å². The first kappa shape index (κ1) is 38.1. The van der Waals surface area contributed by atoms with E-state index in [-0.39, 0.29) is 13.7 Å². The highest BCUT2D eigenvalue weighted by Gasteiger charge is 2.47. The molecule has 0 spiro atoms. The second-order valence-corrected chi connectivity index (χ2v) is 21.3. The van der Waals surface area contributed by atoms with Gasteiger partial charge in [-0.25, -0.2) is 0 Å². The van der Waals surface area contributed by atoms with Crippen molar-refractivity contribution < 1.29 is 0 Å². The van der Waals surface area contributed by atoms with Crippen molar-refractivity contribution in [3.05, 3.63) is 204 Å². The molecule has 6 heteroatoms. The van der Waals surface area contributed by atoms with Gasteiger partial charge in [-0.05, 0) is 124 Å². The van der Waals surface area contributed by atoms with Crippen LogP contribution >= 0.6 is 0 Å². The van der Waals surface area contributed by atoms with Crippen LogP contribution in [0.5, 0.6) is 0 Å². The molecule has 18 rings (SSSR count). The van der Waals surface area contributed by atoms with Crippen LogP contribution in [-0.4, -0.2) is 31.8 Å². The Morgan fingerprint density at radius 1 is 0.306 bits per heavy atom. The van der Waals surface area contributed by atoms with Gasteiger partial charge in [0, 0.05) is 65.9 Å². The zero-order valence-corrected chi connectivity index (χ0v) is 40.3. The summed E-state index contributed by atoms with van der Waals surface area (Å²) in [7, 11) is 0. The molecular weight excluding hydrogens is 870 g/mol. The van der Waals surface area contributed by atoms with E-state index < -0.39 is 0 Å². The highest BCUT2D eigenvalue weighted by Crippen LogP contribution is 2.53. The fraction of sp³-hybridized carbons (Fsp3) is 0.0606. The summed E-state index contributed by atoms with van der Waals surface area (Å²) >= 11 is 0. The van der Waals surface area contributed by atoms with Crippen molar-refractivity contribution in [1.82, 2.24) is 18.1 Å². The Morgan fingerprint density at radius 3 is 1.53 bits per heavy atom. The topological polar surface area (TPSA) is 19.7 Å². The molecule has 0 saturated heterocycles. The number of benzene rings is 10. The molecule has 8 heterocycles. The molecule has 332 valence electrons. The average molecular weight is 913 g/mol. The van der Waals surface area contributed by atoms with Crippen molar-refractivity contribution >= 4 is 112 Å². The van der Waals surface area contributed by atoms with E-state index >= 15 is 0 Å². The molecule has 0 N–H and O–H groups in total. The predicted octanol–water partition coefficient (Wildman–Crippen LogP) is 13.4. The zero-order chi connectivity index (χ0) is 47.2. The van der Waals surface area contributed by atoms with Gasteiger partial charge in [0.15, 0.2) is 0 Å². The predicted molar refractivity (Wildman–Crippen MR) is 305 cm³/mol. The number of hydrogen-bond acceptors (Lipinski definition) is 0. The molecule has 4 aliphatic heterocycles. The first-order chi connectivity index (χ1) is 35.4. The number of aryl methyl sites for hydroxylation is 4. The molecule has 14 aromatic rings. The fourth-order valence-corrected chi connectivity index (χ4v) is 15.0. The first-order valence-corrected chi connectivity index (χ1v) is 25.6. The molecule has 0 bridgehead atoms. The van der Waals surface area contributed by atoms with Crippen LogP contribution in [0.3, 0.4) is 0 Å². The lowest BCUT2D eigenvalue weighted by atomic mass is 9.45. The van der Waals surface area contributed by atoms with Crippen molar-refractivity contribution in [3.63, 3.8) is 0 Å². The lowest BCUT2D eigenvalue weighted by Crippen LogP contribution is -2.55. The second-order valence-electron chi connectivity index (χ2n) is 21.3. The molecule has 0 atom stereocenters. The lowest BCUT2D eigenvalue weighted by Gasteiger charge is -2.35. The maximum absolute atomic E-state index is 2.84. The largest absolute Gasteiger partial charge is 0.374 e. The van der Waals surface area contributed by atoms with Crippen LogP contribution in [0, 0.1) is 27.7 Å². The molecule has 0 radical (unpaired) electrons. The minimum atomic E-state index is -0.0901. The van der Waals surface area contributed by atoms with Crippen molar-refractivity contribution in [3.8, 4) is 55.9 Å². The molecular formula is C66H42B2N4. The molecule has 10 aromatic carbocycles. The fourth-order valence-electron chi connectivity index (χ4n) is 15.0. The number of hydrogen-bond donors (Lipinski definition) is 0. The second kappa shape index (κ2) is 12.8. The van der Waals surface area contributed by atoms with Gasteiger partial charge in [-0.2, -0.15) is 0 Å². The quantitative estimate of drug-likeness (QED) is 0.154. The van der Waals surface area contributed by atoms with Crippen molar-refractivity contribution in [2.45, 2.75) is 27.7 Å². The summed E-state index contributed by atoms with van der Waals surface area (Å²) in [6, 6.07) is 70.3. The monoisotopic (exact) mass is 912 g/mol. The Balaban J connectivity index is 1.09. The normalized spacial score (nSPS) is 13.5. The number of nitrogens with zero attached hydrogens (tertiary/aromatic N) is 4. The molecule has 0 saturated carbocycles. The molecule has 4 aliphatic rings. The summed E-state index contributed by atoms with van der Waals surface area (Å²) in [6.45, 7) is 8.89.